The lowest BCUT2D eigenvalue weighted by Gasteiger charge is -2.42. The second kappa shape index (κ2) is 11.7. The average Bonchev–Trinajstić information content (AvgIpc) is 2.59. The summed E-state index contributed by atoms with van der Waals surface area (Å²) in [6.45, 7) is 21.8. The van der Waals surface area contributed by atoms with Crippen LogP contribution in [0.4, 0.5) is 0 Å². The predicted molar refractivity (Wildman–Crippen MR) is 126 cm³/mol. The van der Waals surface area contributed by atoms with Crippen molar-refractivity contribution in [1.82, 2.24) is 4.90 Å². The Morgan fingerprint density at radius 2 is 1.86 bits per heavy atom. The van der Waals surface area contributed by atoms with Gasteiger partial charge in [-0.1, -0.05) is 64.8 Å². The van der Waals surface area contributed by atoms with Gasteiger partial charge in [-0.2, -0.15) is 0 Å². The zero-order valence-electron chi connectivity index (χ0n) is 20.2. The van der Waals surface area contributed by atoms with Crippen molar-refractivity contribution in [3.8, 4) is 0 Å². The Balaban J connectivity index is 3.18. The van der Waals surface area contributed by atoms with Crippen LogP contribution in [-0.4, -0.2) is 52.2 Å². The van der Waals surface area contributed by atoms with Crippen LogP contribution >= 0.6 is 0 Å². The Bertz CT molecular complexity index is 507. The molecule has 1 aliphatic heterocycles. The van der Waals surface area contributed by atoms with Gasteiger partial charge in [0.1, 0.15) is 6.10 Å². The van der Waals surface area contributed by atoms with Crippen molar-refractivity contribution in [2.45, 2.75) is 97.6 Å². The standard InChI is InChI=1S/C24H47NO2Si/c1-10-25-17-15-13-11-12-14-16-22(26-7)23(21(3)18-20(2)19-25)27-28(8,9)24(4,5)6/h14,16,18,21-23H,10-13,15,17,19H2,1-9H3/b16-14+,20-18-/t21-,22+,23+/m1/s1. The topological polar surface area (TPSA) is 21.7 Å². The molecule has 0 spiro atoms. The quantitative estimate of drug-likeness (QED) is 0.394. The van der Waals surface area contributed by atoms with Gasteiger partial charge in [0.05, 0.1) is 6.10 Å². The van der Waals surface area contributed by atoms with Crippen molar-refractivity contribution in [3.63, 3.8) is 0 Å². The Labute approximate surface area is 176 Å². The molecule has 0 radical (unpaired) electrons. The highest BCUT2D eigenvalue weighted by atomic mass is 28.4. The van der Waals surface area contributed by atoms with Crippen molar-refractivity contribution in [3.05, 3.63) is 23.8 Å². The molecule has 0 bridgehead atoms. The van der Waals surface area contributed by atoms with E-state index in [1.54, 1.807) is 0 Å². The largest absolute Gasteiger partial charge is 0.410 e. The number of allylic oxidation sites excluding steroid dienone is 1. The summed E-state index contributed by atoms with van der Waals surface area (Å²) in [5, 5.41) is 0.186. The Morgan fingerprint density at radius 1 is 1.18 bits per heavy atom. The zero-order valence-corrected chi connectivity index (χ0v) is 21.2. The first-order valence-corrected chi connectivity index (χ1v) is 14.2. The van der Waals surface area contributed by atoms with Crippen molar-refractivity contribution >= 4 is 8.32 Å². The van der Waals surface area contributed by atoms with Crippen LogP contribution in [0.1, 0.15) is 67.2 Å². The van der Waals surface area contributed by atoms with Crippen LogP contribution in [0.25, 0.3) is 0 Å². The molecule has 3 nitrogen and oxygen atoms in total. The smallest absolute Gasteiger partial charge is 0.192 e. The van der Waals surface area contributed by atoms with Gasteiger partial charge in [0.15, 0.2) is 8.32 Å². The summed E-state index contributed by atoms with van der Waals surface area (Å²) < 4.78 is 12.9. The number of methoxy groups -OCH3 is 1. The lowest BCUT2D eigenvalue weighted by molar-refractivity contribution is 0.00559. The molecule has 0 aromatic rings. The number of rotatable bonds is 4. The van der Waals surface area contributed by atoms with E-state index in [9.17, 15) is 0 Å². The summed E-state index contributed by atoms with van der Waals surface area (Å²) in [5.74, 6) is 0.311. The molecule has 0 fully saturated rings. The predicted octanol–water partition coefficient (Wildman–Crippen LogP) is 6.43. The summed E-state index contributed by atoms with van der Waals surface area (Å²) in [6, 6.07) is 0. The minimum atomic E-state index is -1.90. The Morgan fingerprint density at radius 3 is 2.43 bits per heavy atom. The van der Waals surface area contributed by atoms with Gasteiger partial charge in [0.2, 0.25) is 0 Å². The molecule has 0 aromatic carbocycles. The molecule has 164 valence electrons. The van der Waals surface area contributed by atoms with Gasteiger partial charge in [0, 0.05) is 19.6 Å². The number of hydrogen-bond donors (Lipinski definition) is 0. The van der Waals surface area contributed by atoms with Gasteiger partial charge >= 0.3 is 0 Å². The summed E-state index contributed by atoms with van der Waals surface area (Å²) in [4.78, 5) is 2.57. The molecule has 0 saturated heterocycles. The first kappa shape index (κ1) is 25.6. The van der Waals surface area contributed by atoms with Gasteiger partial charge in [0.25, 0.3) is 0 Å². The zero-order chi connectivity index (χ0) is 21.4. The number of ether oxygens (including phenoxy) is 1. The highest BCUT2D eigenvalue weighted by Gasteiger charge is 2.41. The normalized spacial score (nSPS) is 30.3. The third-order valence-electron chi connectivity index (χ3n) is 6.49. The average molecular weight is 410 g/mol. The number of nitrogens with zero attached hydrogens (tertiary/aromatic N) is 1. The van der Waals surface area contributed by atoms with Crippen LogP contribution < -0.4 is 0 Å². The van der Waals surface area contributed by atoms with Crippen LogP contribution in [-0.2, 0) is 9.16 Å². The van der Waals surface area contributed by atoms with Crippen LogP contribution in [0.3, 0.4) is 0 Å². The maximum absolute atomic E-state index is 6.92. The second-order valence-corrected chi connectivity index (χ2v) is 14.8. The minimum absolute atomic E-state index is 0.00149. The summed E-state index contributed by atoms with van der Waals surface area (Å²) in [5.41, 5.74) is 1.44. The van der Waals surface area contributed by atoms with Crippen LogP contribution in [0, 0.1) is 5.92 Å². The minimum Gasteiger partial charge on any atom is -0.410 e. The van der Waals surface area contributed by atoms with E-state index in [2.05, 4.69) is 77.8 Å². The molecule has 28 heavy (non-hydrogen) atoms. The van der Waals surface area contributed by atoms with Gasteiger partial charge in [-0.15, -0.1) is 0 Å². The number of hydrogen-bond acceptors (Lipinski definition) is 3. The molecular formula is C24H47NO2Si. The molecule has 1 rings (SSSR count). The highest BCUT2D eigenvalue weighted by molar-refractivity contribution is 6.74. The number of likely N-dealkylation sites (N-methyl/N-ethyl adjacent to an activating group) is 1. The monoisotopic (exact) mass is 409 g/mol. The molecule has 1 aliphatic rings. The van der Waals surface area contributed by atoms with Gasteiger partial charge < -0.3 is 9.16 Å². The lowest BCUT2D eigenvalue weighted by atomic mass is 9.96. The molecule has 0 unspecified atom stereocenters. The van der Waals surface area contributed by atoms with E-state index in [1.165, 1.54) is 31.4 Å². The van der Waals surface area contributed by atoms with Crippen LogP contribution in [0.2, 0.25) is 18.1 Å². The SMILES string of the molecule is CCN1CCCCC/C=C/[C@H](OC)[C@@H](O[Si](C)(C)C(C)(C)C)[C@H](C)/C=C(/C)C1. The molecular weight excluding hydrogens is 362 g/mol. The third kappa shape index (κ3) is 8.14. The first-order valence-electron chi connectivity index (χ1n) is 11.3. The summed E-state index contributed by atoms with van der Waals surface area (Å²) >= 11 is 0. The maximum atomic E-state index is 6.92. The highest BCUT2D eigenvalue weighted by Crippen LogP contribution is 2.39. The summed E-state index contributed by atoms with van der Waals surface area (Å²) in [7, 11) is -0.0749. The van der Waals surface area contributed by atoms with E-state index in [1.807, 2.05) is 7.11 Å². The lowest BCUT2D eigenvalue weighted by Crippen LogP contribution is -2.49. The molecule has 0 amide bonds. The molecule has 0 N–H and O–H groups in total. The Kier molecular flexibility index (Phi) is 10.7. The first-order chi connectivity index (χ1) is 13.0. The van der Waals surface area contributed by atoms with E-state index in [0.29, 0.717) is 5.92 Å². The van der Waals surface area contributed by atoms with Crippen LogP contribution in [0.5, 0.6) is 0 Å². The van der Waals surface area contributed by atoms with Crippen LogP contribution in [0.15, 0.2) is 23.8 Å². The molecule has 1 heterocycles. The fraction of sp³-hybridized carbons (Fsp3) is 0.833. The fourth-order valence-electron chi connectivity index (χ4n) is 3.62. The van der Waals surface area contributed by atoms with Crippen molar-refractivity contribution in [2.24, 2.45) is 5.92 Å². The molecule has 0 aromatic heterocycles. The van der Waals surface area contributed by atoms with E-state index < -0.39 is 8.32 Å². The third-order valence-corrected chi connectivity index (χ3v) is 11.0. The van der Waals surface area contributed by atoms with E-state index in [-0.39, 0.29) is 17.2 Å². The van der Waals surface area contributed by atoms with E-state index in [0.717, 1.165) is 19.5 Å². The summed E-state index contributed by atoms with van der Waals surface area (Å²) in [6.07, 6.45) is 12.0. The molecule has 3 atom stereocenters. The van der Waals surface area contributed by atoms with Crippen molar-refractivity contribution in [1.29, 1.82) is 0 Å². The van der Waals surface area contributed by atoms with E-state index in [4.69, 9.17) is 9.16 Å². The molecule has 4 heteroatoms. The Hall–Kier alpha value is -0.423. The fourth-order valence-corrected chi connectivity index (χ4v) is 5.00. The van der Waals surface area contributed by atoms with Crippen molar-refractivity contribution in [2.75, 3.05) is 26.7 Å². The van der Waals surface area contributed by atoms with Gasteiger partial charge in [-0.05, 0) is 57.4 Å². The molecule has 0 saturated carbocycles. The second-order valence-electron chi connectivity index (χ2n) is 10.1. The van der Waals surface area contributed by atoms with Gasteiger partial charge in [-0.3, -0.25) is 4.90 Å². The van der Waals surface area contributed by atoms with Gasteiger partial charge in [-0.25, -0.2) is 0 Å². The molecule has 0 aliphatic carbocycles. The van der Waals surface area contributed by atoms with Crippen molar-refractivity contribution < 1.29 is 9.16 Å². The van der Waals surface area contributed by atoms with E-state index >= 15 is 0 Å². The maximum Gasteiger partial charge on any atom is 0.192 e.